The lowest BCUT2D eigenvalue weighted by Crippen LogP contribution is -2.54. The van der Waals surface area contributed by atoms with Crippen molar-refractivity contribution in [3.63, 3.8) is 0 Å². The molecular formula is C21H21BrClN5. The second-order valence-electron chi connectivity index (χ2n) is 7.20. The van der Waals surface area contributed by atoms with E-state index in [2.05, 4.69) is 50.2 Å². The Balaban J connectivity index is 1.81. The number of benzene rings is 2. The van der Waals surface area contributed by atoms with E-state index in [0.29, 0.717) is 22.9 Å². The summed E-state index contributed by atoms with van der Waals surface area (Å²) in [6.07, 6.45) is 0. The van der Waals surface area contributed by atoms with Gasteiger partial charge in [0.05, 0.1) is 0 Å². The SMILES string of the molecule is C[C@@H]1CN(c2nc(-c3ccc(Cl)cc3)nnc2-c2ccc(Br)cc2)C[C@H](C)N1. The summed E-state index contributed by atoms with van der Waals surface area (Å²) in [4.78, 5) is 7.24. The van der Waals surface area contributed by atoms with Crippen molar-refractivity contribution in [2.75, 3.05) is 18.0 Å². The molecule has 7 heteroatoms. The Labute approximate surface area is 178 Å². The molecule has 0 spiro atoms. The molecule has 0 bridgehead atoms. The summed E-state index contributed by atoms with van der Waals surface area (Å²) < 4.78 is 1.03. The summed E-state index contributed by atoms with van der Waals surface area (Å²) in [5.41, 5.74) is 2.70. The molecule has 0 unspecified atom stereocenters. The first-order valence-corrected chi connectivity index (χ1v) is 10.4. The van der Waals surface area contributed by atoms with E-state index in [1.54, 1.807) is 0 Å². The van der Waals surface area contributed by atoms with Gasteiger partial charge in [-0.3, -0.25) is 0 Å². The van der Waals surface area contributed by atoms with Crippen LogP contribution in [0.1, 0.15) is 13.8 Å². The third-order valence-corrected chi connectivity index (χ3v) is 5.53. The Morgan fingerprint density at radius 1 is 0.929 bits per heavy atom. The third-order valence-electron chi connectivity index (χ3n) is 4.75. The smallest absolute Gasteiger partial charge is 0.183 e. The van der Waals surface area contributed by atoms with Crippen LogP contribution in [0.25, 0.3) is 22.6 Å². The molecule has 28 heavy (non-hydrogen) atoms. The maximum atomic E-state index is 6.03. The second-order valence-corrected chi connectivity index (χ2v) is 8.55. The van der Waals surface area contributed by atoms with E-state index in [1.165, 1.54) is 0 Å². The largest absolute Gasteiger partial charge is 0.352 e. The highest BCUT2D eigenvalue weighted by Gasteiger charge is 2.26. The third kappa shape index (κ3) is 4.19. The minimum absolute atomic E-state index is 0.371. The fourth-order valence-electron chi connectivity index (χ4n) is 3.55. The van der Waals surface area contributed by atoms with Gasteiger partial charge in [0.25, 0.3) is 0 Å². The maximum absolute atomic E-state index is 6.03. The van der Waals surface area contributed by atoms with E-state index in [9.17, 15) is 0 Å². The topological polar surface area (TPSA) is 53.9 Å². The summed E-state index contributed by atoms with van der Waals surface area (Å²) in [7, 11) is 0. The molecule has 1 fully saturated rings. The zero-order valence-electron chi connectivity index (χ0n) is 15.7. The molecule has 0 aliphatic carbocycles. The number of nitrogens with one attached hydrogen (secondary N) is 1. The first-order chi connectivity index (χ1) is 13.5. The van der Waals surface area contributed by atoms with Gasteiger partial charge in [-0.1, -0.05) is 39.7 Å². The van der Waals surface area contributed by atoms with Crippen molar-refractivity contribution in [3.05, 3.63) is 58.0 Å². The predicted molar refractivity (Wildman–Crippen MR) is 118 cm³/mol. The average molecular weight is 459 g/mol. The van der Waals surface area contributed by atoms with Crippen molar-refractivity contribution in [1.29, 1.82) is 0 Å². The normalized spacial score (nSPS) is 19.6. The van der Waals surface area contributed by atoms with Crippen molar-refractivity contribution < 1.29 is 0 Å². The number of rotatable bonds is 3. The van der Waals surface area contributed by atoms with Crippen LogP contribution in [0, 0.1) is 0 Å². The van der Waals surface area contributed by atoms with Gasteiger partial charge in [-0.05, 0) is 50.2 Å². The average Bonchev–Trinajstić information content (AvgIpc) is 2.68. The molecule has 1 aromatic heterocycles. The molecule has 1 saturated heterocycles. The molecular weight excluding hydrogens is 438 g/mol. The monoisotopic (exact) mass is 457 g/mol. The Hall–Kier alpha value is -2.02. The Bertz CT molecular complexity index is 952. The lowest BCUT2D eigenvalue weighted by Gasteiger charge is -2.37. The van der Waals surface area contributed by atoms with Gasteiger partial charge in [0.15, 0.2) is 11.6 Å². The van der Waals surface area contributed by atoms with Crippen molar-refractivity contribution in [2.24, 2.45) is 0 Å². The van der Waals surface area contributed by atoms with Gasteiger partial charge < -0.3 is 10.2 Å². The van der Waals surface area contributed by atoms with Gasteiger partial charge in [-0.2, -0.15) is 0 Å². The van der Waals surface area contributed by atoms with Crippen LogP contribution in [0.2, 0.25) is 5.02 Å². The molecule has 0 radical (unpaired) electrons. The minimum atomic E-state index is 0.371. The zero-order valence-corrected chi connectivity index (χ0v) is 18.1. The molecule has 1 N–H and O–H groups in total. The highest BCUT2D eigenvalue weighted by Crippen LogP contribution is 2.31. The summed E-state index contributed by atoms with van der Waals surface area (Å²) >= 11 is 9.52. The lowest BCUT2D eigenvalue weighted by molar-refractivity contribution is 0.405. The predicted octanol–water partition coefficient (Wildman–Crippen LogP) is 4.81. The standard InChI is InChI=1S/C21H21BrClN5/c1-13-11-28(12-14(2)24-13)21-19(15-3-7-17(22)8-4-15)26-27-20(25-21)16-5-9-18(23)10-6-16/h3-10,13-14,24H,11-12H2,1-2H3/t13-,14+. The first-order valence-electron chi connectivity index (χ1n) is 9.27. The lowest BCUT2D eigenvalue weighted by atomic mass is 10.1. The Kier molecular flexibility index (Phi) is 5.62. The van der Waals surface area contributed by atoms with Gasteiger partial charge >= 0.3 is 0 Å². The number of hydrogen-bond donors (Lipinski definition) is 1. The van der Waals surface area contributed by atoms with Crippen LogP contribution in [0.4, 0.5) is 5.82 Å². The summed E-state index contributed by atoms with van der Waals surface area (Å²) in [5.74, 6) is 1.47. The molecule has 2 aromatic carbocycles. The van der Waals surface area contributed by atoms with E-state index in [1.807, 2.05) is 48.5 Å². The molecule has 3 aromatic rings. The van der Waals surface area contributed by atoms with Crippen molar-refractivity contribution in [1.82, 2.24) is 20.5 Å². The van der Waals surface area contributed by atoms with Gasteiger partial charge in [-0.25, -0.2) is 4.98 Å². The van der Waals surface area contributed by atoms with Gasteiger partial charge in [0.2, 0.25) is 0 Å². The number of piperazine rings is 1. The number of nitrogens with zero attached hydrogens (tertiary/aromatic N) is 4. The first kappa shape index (κ1) is 19.3. The molecule has 0 saturated carbocycles. The molecule has 1 aliphatic heterocycles. The summed E-state index contributed by atoms with van der Waals surface area (Å²) in [5, 5.41) is 13.3. The maximum Gasteiger partial charge on any atom is 0.183 e. The number of hydrogen-bond acceptors (Lipinski definition) is 5. The van der Waals surface area contributed by atoms with Crippen molar-refractivity contribution in [2.45, 2.75) is 25.9 Å². The molecule has 2 heterocycles. The molecule has 1 aliphatic rings. The number of halogens is 2. The van der Waals surface area contributed by atoms with Gasteiger partial charge in [-0.15, -0.1) is 10.2 Å². The molecule has 0 amide bonds. The van der Waals surface area contributed by atoms with E-state index >= 15 is 0 Å². The van der Waals surface area contributed by atoms with Crippen LogP contribution in [-0.4, -0.2) is 40.4 Å². The second kappa shape index (κ2) is 8.15. The highest BCUT2D eigenvalue weighted by molar-refractivity contribution is 9.10. The van der Waals surface area contributed by atoms with Crippen LogP contribution < -0.4 is 10.2 Å². The van der Waals surface area contributed by atoms with E-state index in [4.69, 9.17) is 16.6 Å². The van der Waals surface area contributed by atoms with Crippen LogP contribution >= 0.6 is 27.5 Å². The fourth-order valence-corrected chi connectivity index (χ4v) is 3.94. The van der Waals surface area contributed by atoms with Crippen LogP contribution in [0.3, 0.4) is 0 Å². The van der Waals surface area contributed by atoms with Crippen LogP contribution in [0.5, 0.6) is 0 Å². The number of aromatic nitrogens is 3. The molecule has 2 atom stereocenters. The highest BCUT2D eigenvalue weighted by atomic mass is 79.9. The van der Waals surface area contributed by atoms with Gasteiger partial charge in [0, 0.05) is 45.8 Å². The quantitative estimate of drug-likeness (QED) is 0.610. The van der Waals surface area contributed by atoms with Crippen molar-refractivity contribution >= 4 is 33.3 Å². The molecule has 5 nitrogen and oxygen atoms in total. The summed E-state index contributed by atoms with van der Waals surface area (Å²) in [6.45, 7) is 6.12. The van der Waals surface area contributed by atoms with Gasteiger partial charge in [0.1, 0.15) is 5.69 Å². The van der Waals surface area contributed by atoms with Crippen molar-refractivity contribution in [3.8, 4) is 22.6 Å². The van der Waals surface area contributed by atoms with Crippen LogP contribution in [-0.2, 0) is 0 Å². The van der Waals surface area contributed by atoms with Crippen LogP contribution in [0.15, 0.2) is 53.0 Å². The zero-order chi connectivity index (χ0) is 19.7. The summed E-state index contributed by atoms with van der Waals surface area (Å²) in [6, 6.07) is 16.4. The molecule has 144 valence electrons. The Morgan fingerprint density at radius 3 is 2.18 bits per heavy atom. The van der Waals surface area contributed by atoms with E-state index in [-0.39, 0.29) is 0 Å². The van der Waals surface area contributed by atoms with E-state index < -0.39 is 0 Å². The fraction of sp³-hybridized carbons (Fsp3) is 0.286. The minimum Gasteiger partial charge on any atom is -0.352 e. The molecule has 4 rings (SSSR count). The number of anilines is 1. The van der Waals surface area contributed by atoms with E-state index in [0.717, 1.165) is 40.2 Å². The Morgan fingerprint density at radius 2 is 1.54 bits per heavy atom.